The Kier molecular flexibility index (Phi) is 3.37. The standard InChI is InChI=1S/C9H7NO4/c11-8(12)3-4-9(13)14-7-2-1-5-10-6-7/h1-6H,(H,11,12)/b4-3+. The maximum Gasteiger partial charge on any atom is 0.336 e. The molecule has 1 heterocycles. The smallest absolute Gasteiger partial charge is 0.336 e. The van der Waals surface area contributed by atoms with E-state index in [9.17, 15) is 9.59 Å². The van der Waals surface area contributed by atoms with E-state index in [1.165, 1.54) is 12.4 Å². The van der Waals surface area contributed by atoms with E-state index in [0.717, 1.165) is 6.08 Å². The lowest BCUT2D eigenvalue weighted by Gasteiger charge is -1.97. The second kappa shape index (κ2) is 4.76. The van der Waals surface area contributed by atoms with E-state index in [-0.39, 0.29) is 5.75 Å². The first-order valence-electron chi connectivity index (χ1n) is 3.71. The maximum atomic E-state index is 10.9. The molecule has 0 saturated carbocycles. The molecule has 0 atom stereocenters. The molecule has 0 fully saturated rings. The molecule has 1 N–H and O–H groups in total. The minimum Gasteiger partial charge on any atom is -0.478 e. The Bertz CT molecular complexity index is 358. The Hall–Kier alpha value is -2.17. The maximum absolute atomic E-state index is 10.9. The molecular formula is C9H7NO4. The molecule has 5 heteroatoms. The zero-order valence-electron chi connectivity index (χ0n) is 7.08. The van der Waals surface area contributed by atoms with Crippen molar-refractivity contribution in [2.24, 2.45) is 0 Å². The van der Waals surface area contributed by atoms with Crippen molar-refractivity contribution in [2.45, 2.75) is 0 Å². The summed E-state index contributed by atoms with van der Waals surface area (Å²) >= 11 is 0. The van der Waals surface area contributed by atoms with Crippen LogP contribution in [0.3, 0.4) is 0 Å². The third-order valence-corrected chi connectivity index (χ3v) is 1.21. The van der Waals surface area contributed by atoms with Crippen molar-refractivity contribution in [3.05, 3.63) is 36.7 Å². The molecule has 0 aliphatic rings. The summed E-state index contributed by atoms with van der Waals surface area (Å²) in [5.74, 6) is -1.68. The monoisotopic (exact) mass is 193 g/mol. The Labute approximate surface area is 79.7 Å². The molecule has 1 rings (SSSR count). The van der Waals surface area contributed by atoms with Gasteiger partial charge in [0.25, 0.3) is 0 Å². The zero-order chi connectivity index (χ0) is 10.4. The fraction of sp³-hybridized carbons (Fsp3) is 0. The fourth-order valence-corrected chi connectivity index (χ4v) is 0.697. The van der Waals surface area contributed by atoms with Crippen LogP contribution in [0.2, 0.25) is 0 Å². The number of carboxylic acids is 1. The number of carboxylic acid groups (broad SMARTS) is 1. The van der Waals surface area contributed by atoms with Gasteiger partial charge >= 0.3 is 11.9 Å². The number of carbonyl (C=O) groups is 2. The van der Waals surface area contributed by atoms with Gasteiger partial charge in [0.1, 0.15) is 5.75 Å². The van der Waals surface area contributed by atoms with E-state index in [1.54, 1.807) is 12.1 Å². The summed E-state index contributed by atoms with van der Waals surface area (Å²) in [6.07, 6.45) is 4.42. The average molecular weight is 193 g/mol. The molecule has 0 aliphatic heterocycles. The van der Waals surface area contributed by atoms with Gasteiger partial charge in [-0.25, -0.2) is 9.59 Å². The van der Waals surface area contributed by atoms with Crippen LogP contribution in [-0.4, -0.2) is 22.0 Å². The van der Waals surface area contributed by atoms with Gasteiger partial charge in [0.05, 0.1) is 6.20 Å². The van der Waals surface area contributed by atoms with Crippen molar-refractivity contribution in [1.82, 2.24) is 4.98 Å². The van der Waals surface area contributed by atoms with Crippen LogP contribution in [0.25, 0.3) is 0 Å². The van der Waals surface area contributed by atoms with Crippen molar-refractivity contribution in [1.29, 1.82) is 0 Å². The van der Waals surface area contributed by atoms with Gasteiger partial charge in [-0.3, -0.25) is 4.98 Å². The minimum absolute atomic E-state index is 0.271. The highest BCUT2D eigenvalue weighted by Crippen LogP contribution is 2.06. The number of ether oxygens (including phenoxy) is 1. The molecule has 0 bridgehead atoms. The summed E-state index contributed by atoms with van der Waals surface area (Å²) in [5, 5.41) is 8.22. The summed E-state index contributed by atoms with van der Waals surface area (Å²) in [4.78, 5) is 24.7. The summed E-state index contributed by atoms with van der Waals surface area (Å²) in [7, 11) is 0. The van der Waals surface area contributed by atoms with E-state index < -0.39 is 11.9 Å². The lowest BCUT2D eigenvalue weighted by molar-refractivity contribution is -0.133. The predicted octanol–water partition coefficient (Wildman–Crippen LogP) is 0.628. The lowest BCUT2D eigenvalue weighted by Crippen LogP contribution is -2.04. The van der Waals surface area contributed by atoms with Crippen LogP contribution < -0.4 is 4.74 Å². The number of aromatic nitrogens is 1. The van der Waals surface area contributed by atoms with Gasteiger partial charge in [0.2, 0.25) is 0 Å². The highest BCUT2D eigenvalue weighted by Gasteiger charge is 1.99. The third-order valence-electron chi connectivity index (χ3n) is 1.21. The fourth-order valence-electron chi connectivity index (χ4n) is 0.697. The molecule has 72 valence electrons. The topological polar surface area (TPSA) is 76.5 Å². The van der Waals surface area contributed by atoms with Crippen LogP contribution >= 0.6 is 0 Å². The first-order valence-corrected chi connectivity index (χ1v) is 3.71. The number of pyridine rings is 1. The molecule has 0 spiro atoms. The second-order valence-electron chi connectivity index (χ2n) is 2.28. The molecule has 0 aromatic carbocycles. The molecular weight excluding hydrogens is 186 g/mol. The summed E-state index contributed by atoms with van der Waals surface area (Å²) < 4.78 is 4.71. The van der Waals surface area contributed by atoms with Gasteiger partial charge in [-0.15, -0.1) is 0 Å². The highest BCUT2D eigenvalue weighted by atomic mass is 16.5. The van der Waals surface area contributed by atoms with Crippen molar-refractivity contribution in [3.8, 4) is 5.75 Å². The van der Waals surface area contributed by atoms with E-state index in [1.807, 2.05) is 0 Å². The minimum atomic E-state index is -1.20. The molecule has 0 saturated heterocycles. The number of esters is 1. The number of carbonyl (C=O) groups excluding carboxylic acids is 1. The summed E-state index contributed by atoms with van der Waals surface area (Å²) in [6.45, 7) is 0. The largest absolute Gasteiger partial charge is 0.478 e. The van der Waals surface area contributed by atoms with E-state index >= 15 is 0 Å². The first-order chi connectivity index (χ1) is 6.68. The molecule has 1 aromatic heterocycles. The number of aliphatic carboxylic acids is 1. The Morgan fingerprint density at radius 1 is 1.43 bits per heavy atom. The molecule has 1 aromatic rings. The van der Waals surface area contributed by atoms with Gasteiger partial charge in [-0.1, -0.05) is 0 Å². The molecule has 5 nitrogen and oxygen atoms in total. The quantitative estimate of drug-likeness (QED) is 0.562. The van der Waals surface area contributed by atoms with Crippen molar-refractivity contribution < 1.29 is 19.4 Å². The number of nitrogens with zero attached hydrogens (tertiary/aromatic N) is 1. The normalized spacial score (nSPS) is 10.0. The predicted molar refractivity (Wildman–Crippen MR) is 46.6 cm³/mol. The van der Waals surface area contributed by atoms with Crippen molar-refractivity contribution in [2.75, 3.05) is 0 Å². The number of rotatable bonds is 3. The first kappa shape index (κ1) is 9.91. The Balaban J connectivity index is 2.54. The second-order valence-corrected chi connectivity index (χ2v) is 2.28. The number of hydrogen-bond donors (Lipinski definition) is 1. The van der Waals surface area contributed by atoms with Crippen LogP contribution in [-0.2, 0) is 9.59 Å². The number of hydrogen-bond acceptors (Lipinski definition) is 4. The van der Waals surface area contributed by atoms with Crippen molar-refractivity contribution in [3.63, 3.8) is 0 Å². The summed E-state index contributed by atoms with van der Waals surface area (Å²) in [6, 6.07) is 3.14. The van der Waals surface area contributed by atoms with E-state index in [2.05, 4.69) is 4.98 Å². The lowest BCUT2D eigenvalue weighted by atomic mass is 10.4. The van der Waals surface area contributed by atoms with Gasteiger partial charge < -0.3 is 9.84 Å². The highest BCUT2D eigenvalue weighted by molar-refractivity contribution is 5.91. The average Bonchev–Trinajstić information content (AvgIpc) is 2.16. The van der Waals surface area contributed by atoms with Crippen LogP contribution in [0, 0.1) is 0 Å². The third kappa shape index (κ3) is 3.48. The van der Waals surface area contributed by atoms with Gasteiger partial charge in [0.15, 0.2) is 0 Å². The molecule has 0 amide bonds. The SMILES string of the molecule is O=C(O)/C=C/C(=O)Oc1cccnc1. The van der Waals surface area contributed by atoms with Crippen LogP contribution in [0.15, 0.2) is 36.7 Å². The van der Waals surface area contributed by atoms with Crippen LogP contribution in [0.4, 0.5) is 0 Å². The molecule has 0 aliphatic carbocycles. The summed E-state index contributed by atoms with van der Waals surface area (Å²) in [5.41, 5.74) is 0. The van der Waals surface area contributed by atoms with E-state index in [0.29, 0.717) is 6.08 Å². The van der Waals surface area contributed by atoms with Crippen molar-refractivity contribution >= 4 is 11.9 Å². The molecule has 0 radical (unpaired) electrons. The van der Waals surface area contributed by atoms with E-state index in [4.69, 9.17) is 9.84 Å². The molecule has 0 unspecified atom stereocenters. The Morgan fingerprint density at radius 3 is 2.79 bits per heavy atom. The molecule has 14 heavy (non-hydrogen) atoms. The Morgan fingerprint density at radius 2 is 2.21 bits per heavy atom. The van der Waals surface area contributed by atoms with Gasteiger partial charge in [0, 0.05) is 18.3 Å². The van der Waals surface area contributed by atoms with Gasteiger partial charge in [-0.2, -0.15) is 0 Å². The van der Waals surface area contributed by atoms with Gasteiger partial charge in [-0.05, 0) is 12.1 Å². The zero-order valence-corrected chi connectivity index (χ0v) is 7.08. The van der Waals surface area contributed by atoms with Crippen LogP contribution in [0.5, 0.6) is 5.75 Å². The van der Waals surface area contributed by atoms with Crippen LogP contribution in [0.1, 0.15) is 0 Å².